The molecule has 1 aliphatic rings. The number of rotatable bonds is 3. The fourth-order valence-electron chi connectivity index (χ4n) is 2.68. The third-order valence-electron chi connectivity index (χ3n) is 3.59. The molecule has 0 radical (unpaired) electrons. The minimum absolute atomic E-state index is 0.259. The molecule has 1 aromatic carbocycles. The molecule has 0 saturated carbocycles. The van der Waals surface area contributed by atoms with Crippen molar-refractivity contribution in [3.05, 3.63) is 35.2 Å². The molecule has 4 nitrogen and oxygen atoms in total. The number of benzene rings is 1. The van der Waals surface area contributed by atoms with Gasteiger partial charge in [0.1, 0.15) is 6.04 Å². The van der Waals surface area contributed by atoms with E-state index in [1.54, 1.807) is 11.3 Å². The van der Waals surface area contributed by atoms with Gasteiger partial charge in [0, 0.05) is 30.9 Å². The van der Waals surface area contributed by atoms with Gasteiger partial charge in [0.2, 0.25) is 5.91 Å². The highest BCUT2D eigenvalue weighted by Crippen LogP contribution is 2.33. The molecule has 1 fully saturated rings. The van der Waals surface area contributed by atoms with Crippen molar-refractivity contribution in [1.29, 1.82) is 0 Å². The SMILES string of the molecule is NC(=O)C(c1csc2ccccc12)N1CCNCC1. The lowest BCUT2D eigenvalue weighted by molar-refractivity contribution is -0.123. The molecule has 0 aliphatic carbocycles. The van der Waals surface area contributed by atoms with Crippen molar-refractivity contribution >= 4 is 27.3 Å². The highest BCUT2D eigenvalue weighted by molar-refractivity contribution is 7.17. The van der Waals surface area contributed by atoms with Gasteiger partial charge >= 0.3 is 0 Å². The molecule has 0 bridgehead atoms. The van der Waals surface area contributed by atoms with Gasteiger partial charge in [-0.1, -0.05) is 18.2 Å². The Hall–Kier alpha value is -1.43. The lowest BCUT2D eigenvalue weighted by Crippen LogP contribution is -2.48. The first-order chi connectivity index (χ1) is 9.27. The summed E-state index contributed by atoms with van der Waals surface area (Å²) < 4.78 is 1.21. The van der Waals surface area contributed by atoms with Crippen LogP contribution in [0.25, 0.3) is 10.1 Å². The number of carbonyl (C=O) groups is 1. The van der Waals surface area contributed by atoms with Crippen molar-refractivity contribution in [3.63, 3.8) is 0 Å². The summed E-state index contributed by atoms with van der Waals surface area (Å²) in [6.45, 7) is 3.53. The number of hydrogen-bond donors (Lipinski definition) is 2. The Morgan fingerprint density at radius 2 is 2.05 bits per heavy atom. The molecule has 100 valence electrons. The average Bonchev–Trinajstić information content (AvgIpc) is 2.84. The zero-order valence-electron chi connectivity index (χ0n) is 10.6. The summed E-state index contributed by atoms with van der Waals surface area (Å²) in [6, 6.07) is 7.87. The number of primary amides is 1. The van der Waals surface area contributed by atoms with E-state index in [2.05, 4.69) is 27.7 Å². The summed E-state index contributed by atoms with van der Waals surface area (Å²) >= 11 is 1.67. The Kier molecular flexibility index (Phi) is 3.50. The van der Waals surface area contributed by atoms with Crippen molar-refractivity contribution in [2.75, 3.05) is 26.2 Å². The van der Waals surface area contributed by atoms with Crippen LogP contribution in [0.3, 0.4) is 0 Å². The standard InChI is InChI=1S/C14H17N3OS/c15-14(18)13(17-7-5-16-6-8-17)11-9-19-12-4-2-1-3-10(11)12/h1-4,9,13,16H,5-8H2,(H2,15,18). The molecule has 1 saturated heterocycles. The highest BCUT2D eigenvalue weighted by atomic mass is 32.1. The molecule has 1 unspecified atom stereocenters. The number of piperazine rings is 1. The van der Waals surface area contributed by atoms with Crippen LogP contribution in [0.4, 0.5) is 0 Å². The zero-order chi connectivity index (χ0) is 13.2. The van der Waals surface area contributed by atoms with Crippen LogP contribution >= 0.6 is 11.3 Å². The highest BCUT2D eigenvalue weighted by Gasteiger charge is 2.28. The second kappa shape index (κ2) is 5.28. The van der Waals surface area contributed by atoms with E-state index in [0.29, 0.717) is 0 Å². The second-order valence-corrected chi connectivity index (χ2v) is 5.69. The third-order valence-corrected chi connectivity index (χ3v) is 4.57. The molecule has 5 heteroatoms. The lowest BCUT2D eigenvalue weighted by atomic mass is 10.0. The van der Waals surface area contributed by atoms with Crippen LogP contribution in [-0.2, 0) is 4.79 Å². The Labute approximate surface area is 116 Å². The van der Waals surface area contributed by atoms with Crippen LogP contribution in [0.5, 0.6) is 0 Å². The topological polar surface area (TPSA) is 58.4 Å². The lowest BCUT2D eigenvalue weighted by Gasteiger charge is -2.33. The summed E-state index contributed by atoms with van der Waals surface area (Å²) in [7, 11) is 0. The Balaban J connectivity index is 2.01. The quantitative estimate of drug-likeness (QED) is 0.888. The molecular formula is C14H17N3OS. The first-order valence-electron chi connectivity index (χ1n) is 6.47. The van der Waals surface area contributed by atoms with Crippen molar-refractivity contribution < 1.29 is 4.79 Å². The van der Waals surface area contributed by atoms with Gasteiger partial charge < -0.3 is 11.1 Å². The van der Waals surface area contributed by atoms with Crippen LogP contribution in [0.2, 0.25) is 0 Å². The van der Waals surface area contributed by atoms with Crippen molar-refractivity contribution in [2.45, 2.75) is 6.04 Å². The molecule has 19 heavy (non-hydrogen) atoms. The Bertz CT molecular complexity index is 589. The van der Waals surface area contributed by atoms with Gasteiger partial charge in [-0.2, -0.15) is 0 Å². The smallest absolute Gasteiger partial charge is 0.239 e. The third kappa shape index (κ3) is 2.36. The monoisotopic (exact) mass is 275 g/mol. The fourth-order valence-corrected chi connectivity index (χ4v) is 3.66. The first-order valence-corrected chi connectivity index (χ1v) is 7.35. The van der Waals surface area contributed by atoms with Crippen LogP contribution < -0.4 is 11.1 Å². The van der Waals surface area contributed by atoms with Gasteiger partial charge in [-0.3, -0.25) is 9.69 Å². The van der Waals surface area contributed by atoms with Gasteiger partial charge in [-0.05, 0) is 22.4 Å². The minimum Gasteiger partial charge on any atom is -0.368 e. The van der Waals surface area contributed by atoms with Crippen LogP contribution in [0.15, 0.2) is 29.6 Å². The number of fused-ring (bicyclic) bond motifs is 1. The average molecular weight is 275 g/mol. The predicted molar refractivity (Wildman–Crippen MR) is 78.2 cm³/mol. The normalized spacial score (nSPS) is 18.5. The summed E-state index contributed by atoms with van der Waals surface area (Å²) in [5, 5.41) is 6.52. The number of amides is 1. The number of hydrogen-bond acceptors (Lipinski definition) is 4. The van der Waals surface area contributed by atoms with Gasteiger partial charge in [0.05, 0.1) is 0 Å². The minimum atomic E-state index is -0.307. The molecule has 1 atom stereocenters. The van der Waals surface area contributed by atoms with E-state index in [4.69, 9.17) is 5.73 Å². The van der Waals surface area contributed by atoms with Crippen molar-refractivity contribution in [3.8, 4) is 0 Å². The van der Waals surface area contributed by atoms with Crippen LogP contribution in [0.1, 0.15) is 11.6 Å². The van der Waals surface area contributed by atoms with Gasteiger partial charge in [-0.15, -0.1) is 11.3 Å². The molecule has 3 rings (SSSR count). The Morgan fingerprint density at radius 1 is 1.32 bits per heavy atom. The molecule has 2 aromatic rings. The number of nitrogens with zero attached hydrogens (tertiary/aromatic N) is 1. The molecule has 1 amide bonds. The Morgan fingerprint density at radius 3 is 2.79 bits per heavy atom. The maximum Gasteiger partial charge on any atom is 0.239 e. The second-order valence-electron chi connectivity index (χ2n) is 4.78. The molecule has 1 aliphatic heterocycles. The summed E-state index contributed by atoms with van der Waals surface area (Å²) in [4.78, 5) is 14.1. The fraction of sp³-hybridized carbons (Fsp3) is 0.357. The van der Waals surface area contributed by atoms with Crippen LogP contribution in [0, 0.1) is 0 Å². The molecule has 0 spiro atoms. The molecule has 3 N–H and O–H groups in total. The van der Waals surface area contributed by atoms with E-state index in [1.807, 2.05) is 12.1 Å². The van der Waals surface area contributed by atoms with Crippen molar-refractivity contribution in [1.82, 2.24) is 10.2 Å². The van der Waals surface area contributed by atoms with Crippen LogP contribution in [-0.4, -0.2) is 37.0 Å². The first kappa shape index (κ1) is 12.6. The summed E-state index contributed by atoms with van der Waals surface area (Å²) in [5.74, 6) is -0.259. The summed E-state index contributed by atoms with van der Waals surface area (Å²) in [6.07, 6.45) is 0. The van der Waals surface area contributed by atoms with Gasteiger partial charge in [-0.25, -0.2) is 0 Å². The van der Waals surface area contributed by atoms with Gasteiger partial charge in [0.15, 0.2) is 0 Å². The predicted octanol–water partition coefficient (Wildman–Crippen LogP) is 1.33. The van der Waals surface area contributed by atoms with Gasteiger partial charge in [0.25, 0.3) is 0 Å². The molecule has 2 heterocycles. The number of nitrogens with two attached hydrogens (primary N) is 1. The van der Waals surface area contributed by atoms with E-state index < -0.39 is 0 Å². The zero-order valence-corrected chi connectivity index (χ0v) is 11.5. The number of nitrogens with one attached hydrogen (secondary N) is 1. The molecule has 1 aromatic heterocycles. The van der Waals surface area contributed by atoms with E-state index in [0.717, 1.165) is 37.1 Å². The molecular weight excluding hydrogens is 258 g/mol. The number of thiophene rings is 1. The number of carbonyl (C=O) groups excluding carboxylic acids is 1. The largest absolute Gasteiger partial charge is 0.368 e. The van der Waals surface area contributed by atoms with E-state index >= 15 is 0 Å². The van der Waals surface area contributed by atoms with Crippen molar-refractivity contribution in [2.24, 2.45) is 5.73 Å². The van der Waals surface area contributed by atoms with E-state index in [1.165, 1.54) is 4.70 Å². The maximum absolute atomic E-state index is 11.9. The van der Waals surface area contributed by atoms with E-state index in [9.17, 15) is 4.79 Å². The summed E-state index contributed by atoms with van der Waals surface area (Å²) in [5.41, 5.74) is 6.70. The maximum atomic E-state index is 11.9. The van der Waals surface area contributed by atoms with E-state index in [-0.39, 0.29) is 11.9 Å².